The van der Waals surface area contributed by atoms with E-state index in [4.69, 9.17) is 0 Å². The highest BCUT2D eigenvalue weighted by atomic mass is 32.1. The first kappa shape index (κ1) is 19.1. The molecule has 0 bridgehead atoms. The molecule has 7 nitrogen and oxygen atoms in total. The Balaban J connectivity index is 1.39. The third-order valence-corrected chi connectivity index (χ3v) is 5.71. The second-order valence-electron chi connectivity index (χ2n) is 6.87. The van der Waals surface area contributed by atoms with Crippen LogP contribution < -0.4 is 5.32 Å². The minimum Gasteiger partial charge on any atom is -0.335 e. The van der Waals surface area contributed by atoms with Gasteiger partial charge in [-0.15, -0.1) is 0 Å². The molecule has 3 amide bonds. The Bertz CT molecular complexity index is 1070. The summed E-state index contributed by atoms with van der Waals surface area (Å²) in [6.45, 7) is 3.33. The van der Waals surface area contributed by atoms with Crippen LogP contribution in [0, 0.1) is 0 Å². The second kappa shape index (κ2) is 8.00. The molecule has 1 N–H and O–H groups in total. The summed E-state index contributed by atoms with van der Waals surface area (Å²) < 4.78 is 5.33. The van der Waals surface area contributed by atoms with Crippen molar-refractivity contribution in [2.24, 2.45) is 0 Å². The van der Waals surface area contributed by atoms with Gasteiger partial charge in [-0.3, -0.25) is 14.4 Å². The molecule has 0 saturated carbocycles. The lowest BCUT2D eigenvalue weighted by Gasteiger charge is -2.34. The van der Waals surface area contributed by atoms with Crippen molar-refractivity contribution in [3.63, 3.8) is 0 Å². The summed E-state index contributed by atoms with van der Waals surface area (Å²) in [5, 5.41) is 3.56. The van der Waals surface area contributed by atoms with Crippen LogP contribution in [0.2, 0.25) is 0 Å². The monoisotopic (exact) mass is 408 g/mol. The zero-order valence-electron chi connectivity index (χ0n) is 15.9. The molecule has 29 heavy (non-hydrogen) atoms. The Morgan fingerprint density at radius 2 is 1.52 bits per heavy atom. The molecule has 3 aromatic rings. The molecule has 0 atom stereocenters. The summed E-state index contributed by atoms with van der Waals surface area (Å²) >= 11 is 1.33. The van der Waals surface area contributed by atoms with Crippen molar-refractivity contribution in [2.45, 2.75) is 6.92 Å². The van der Waals surface area contributed by atoms with Gasteiger partial charge in [-0.2, -0.15) is 4.37 Å². The number of fused-ring (bicyclic) bond motifs is 1. The molecule has 1 aliphatic heterocycles. The van der Waals surface area contributed by atoms with E-state index in [9.17, 15) is 14.4 Å². The molecule has 2 heterocycles. The van der Waals surface area contributed by atoms with Crippen molar-refractivity contribution < 1.29 is 14.4 Å². The van der Waals surface area contributed by atoms with Gasteiger partial charge in [0, 0.05) is 49.7 Å². The molecule has 4 rings (SSSR count). The molecular weight excluding hydrogens is 388 g/mol. The first-order valence-electron chi connectivity index (χ1n) is 9.33. The van der Waals surface area contributed by atoms with Crippen LogP contribution in [0.5, 0.6) is 0 Å². The van der Waals surface area contributed by atoms with Gasteiger partial charge in [0.15, 0.2) is 0 Å². The molecule has 0 spiro atoms. The van der Waals surface area contributed by atoms with E-state index in [1.165, 1.54) is 18.5 Å². The fourth-order valence-electron chi connectivity index (χ4n) is 3.38. The van der Waals surface area contributed by atoms with Gasteiger partial charge in [-0.05, 0) is 41.9 Å². The van der Waals surface area contributed by atoms with Gasteiger partial charge >= 0.3 is 0 Å². The maximum Gasteiger partial charge on any atom is 0.274 e. The summed E-state index contributed by atoms with van der Waals surface area (Å²) in [7, 11) is 0. The molecule has 1 fully saturated rings. The molecule has 8 heteroatoms. The summed E-state index contributed by atoms with van der Waals surface area (Å²) in [5.74, 6) is -0.322. The highest BCUT2D eigenvalue weighted by Gasteiger charge is 2.27. The minimum absolute atomic E-state index is 0.0782. The van der Waals surface area contributed by atoms with E-state index >= 15 is 0 Å². The second-order valence-corrected chi connectivity index (χ2v) is 7.68. The van der Waals surface area contributed by atoms with E-state index in [1.54, 1.807) is 34.1 Å². The van der Waals surface area contributed by atoms with E-state index in [2.05, 4.69) is 9.69 Å². The number of aromatic nitrogens is 1. The minimum atomic E-state index is -0.155. The summed E-state index contributed by atoms with van der Waals surface area (Å²) in [4.78, 5) is 40.2. The Hall–Kier alpha value is -3.26. The van der Waals surface area contributed by atoms with Crippen LogP contribution >= 0.6 is 11.5 Å². The van der Waals surface area contributed by atoms with Crippen LogP contribution in [0.4, 0.5) is 5.69 Å². The van der Waals surface area contributed by atoms with Crippen LogP contribution in [0.1, 0.15) is 27.8 Å². The molecule has 0 radical (unpaired) electrons. The number of piperazine rings is 1. The Morgan fingerprint density at radius 1 is 0.897 bits per heavy atom. The van der Waals surface area contributed by atoms with E-state index in [1.807, 2.05) is 24.3 Å². The number of hydrogen-bond acceptors (Lipinski definition) is 5. The van der Waals surface area contributed by atoms with Crippen molar-refractivity contribution in [1.29, 1.82) is 0 Å². The number of hydrogen-bond donors (Lipinski definition) is 1. The summed E-state index contributed by atoms with van der Waals surface area (Å²) in [6, 6.07) is 14.5. The maximum atomic E-state index is 12.9. The van der Waals surface area contributed by atoms with Crippen molar-refractivity contribution >= 4 is 45.0 Å². The average Bonchev–Trinajstić information content (AvgIpc) is 3.17. The molecule has 1 saturated heterocycles. The fourth-order valence-corrected chi connectivity index (χ4v) is 4.15. The number of carbonyl (C=O) groups excluding carboxylic acids is 3. The number of rotatable bonds is 3. The predicted molar refractivity (Wildman–Crippen MR) is 112 cm³/mol. The van der Waals surface area contributed by atoms with Crippen molar-refractivity contribution in [1.82, 2.24) is 14.2 Å². The Morgan fingerprint density at radius 3 is 2.17 bits per heavy atom. The highest BCUT2D eigenvalue weighted by Crippen LogP contribution is 2.24. The molecule has 1 aliphatic rings. The van der Waals surface area contributed by atoms with E-state index < -0.39 is 0 Å². The number of amides is 3. The van der Waals surface area contributed by atoms with Crippen LogP contribution in [0.3, 0.4) is 0 Å². The smallest absolute Gasteiger partial charge is 0.274 e. The van der Waals surface area contributed by atoms with Gasteiger partial charge < -0.3 is 15.1 Å². The van der Waals surface area contributed by atoms with Crippen molar-refractivity contribution in [3.8, 4) is 0 Å². The molecule has 2 aromatic carbocycles. The lowest BCUT2D eigenvalue weighted by molar-refractivity contribution is -0.114. The zero-order chi connectivity index (χ0) is 20.4. The van der Waals surface area contributed by atoms with Crippen LogP contribution in [-0.4, -0.2) is 58.1 Å². The molecule has 1 aromatic heterocycles. The van der Waals surface area contributed by atoms with Crippen LogP contribution in [0.15, 0.2) is 48.5 Å². The highest BCUT2D eigenvalue weighted by molar-refractivity contribution is 7.13. The zero-order valence-corrected chi connectivity index (χ0v) is 16.7. The van der Waals surface area contributed by atoms with E-state index in [0.29, 0.717) is 43.1 Å². The van der Waals surface area contributed by atoms with E-state index in [0.717, 1.165) is 10.1 Å². The van der Waals surface area contributed by atoms with E-state index in [-0.39, 0.29) is 17.7 Å². The lowest BCUT2D eigenvalue weighted by Crippen LogP contribution is -2.50. The lowest BCUT2D eigenvalue weighted by atomic mass is 10.1. The van der Waals surface area contributed by atoms with Gasteiger partial charge in [0.1, 0.15) is 5.69 Å². The molecule has 0 unspecified atom stereocenters. The van der Waals surface area contributed by atoms with Gasteiger partial charge in [0.25, 0.3) is 11.8 Å². The van der Waals surface area contributed by atoms with Crippen molar-refractivity contribution in [3.05, 3.63) is 59.8 Å². The van der Waals surface area contributed by atoms with Gasteiger partial charge in [0.2, 0.25) is 5.91 Å². The number of nitrogens with zero attached hydrogens (tertiary/aromatic N) is 3. The third kappa shape index (κ3) is 3.97. The third-order valence-electron chi connectivity index (χ3n) is 4.89. The van der Waals surface area contributed by atoms with Crippen LogP contribution in [0.25, 0.3) is 10.1 Å². The van der Waals surface area contributed by atoms with Gasteiger partial charge in [-0.25, -0.2) is 0 Å². The topological polar surface area (TPSA) is 82.6 Å². The van der Waals surface area contributed by atoms with Gasteiger partial charge in [0.05, 0.1) is 4.70 Å². The first-order valence-corrected chi connectivity index (χ1v) is 10.1. The van der Waals surface area contributed by atoms with Crippen molar-refractivity contribution in [2.75, 3.05) is 31.5 Å². The average molecular weight is 408 g/mol. The number of benzene rings is 2. The fraction of sp³-hybridized carbons (Fsp3) is 0.238. The summed E-state index contributed by atoms with van der Waals surface area (Å²) in [5.41, 5.74) is 1.70. The number of anilines is 1. The largest absolute Gasteiger partial charge is 0.335 e. The van der Waals surface area contributed by atoms with Gasteiger partial charge in [-0.1, -0.05) is 18.2 Å². The standard InChI is InChI=1S/C21H20N4O3S/c1-14(26)22-16-8-6-15(7-9-16)20(27)24-10-12-25(13-11-24)21(28)19-17-4-2-3-5-18(17)29-23-19/h2-9H,10-13H2,1H3,(H,22,26). The quantitative estimate of drug-likeness (QED) is 0.722. The molecule has 148 valence electrons. The van der Waals surface area contributed by atoms with Crippen LogP contribution in [-0.2, 0) is 4.79 Å². The Kier molecular flexibility index (Phi) is 5.26. The number of nitrogens with one attached hydrogen (secondary N) is 1. The summed E-state index contributed by atoms with van der Waals surface area (Å²) in [6.07, 6.45) is 0. The molecule has 0 aliphatic carbocycles. The molecular formula is C21H20N4O3S. The predicted octanol–water partition coefficient (Wildman–Crippen LogP) is 2.85. The number of carbonyl (C=O) groups is 3. The SMILES string of the molecule is CC(=O)Nc1ccc(C(=O)N2CCN(C(=O)c3nsc4ccccc34)CC2)cc1. The Labute approximate surface area is 172 Å². The normalized spacial score (nSPS) is 14.1. The first-order chi connectivity index (χ1) is 14.0. The maximum absolute atomic E-state index is 12.9.